The summed E-state index contributed by atoms with van der Waals surface area (Å²) in [7, 11) is 0. The van der Waals surface area contributed by atoms with Crippen LogP contribution in [0.3, 0.4) is 0 Å². The van der Waals surface area contributed by atoms with Crippen LogP contribution in [0, 0.1) is 12.7 Å². The van der Waals surface area contributed by atoms with Crippen molar-refractivity contribution in [2.45, 2.75) is 6.92 Å². The molecule has 0 unspecified atom stereocenters. The standard InChI is InChI=1S/C14H11BrFNO/c1-9-5-7-10(8-6-9)17-14(18)11-3-2-4-12(15)13(11)16/h2-8H,1H3,(H,17,18). The van der Waals surface area contributed by atoms with E-state index in [4.69, 9.17) is 0 Å². The predicted octanol–water partition coefficient (Wildman–Crippen LogP) is 4.15. The highest BCUT2D eigenvalue weighted by atomic mass is 79.9. The minimum absolute atomic E-state index is 0.0185. The van der Waals surface area contributed by atoms with E-state index in [1.54, 1.807) is 24.3 Å². The van der Waals surface area contributed by atoms with Crippen molar-refractivity contribution < 1.29 is 9.18 Å². The van der Waals surface area contributed by atoms with Crippen LogP contribution in [-0.2, 0) is 0 Å². The molecule has 0 aliphatic rings. The highest BCUT2D eigenvalue weighted by Gasteiger charge is 2.13. The number of aryl methyl sites for hydroxylation is 1. The monoisotopic (exact) mass is 307 g/mol. The molecule has 2 nitrogen and oxygen atoms in total. The Hall–Kier alpha value is -1.68. The lowest BCUT2D eigenvalue weighted by atomic mass is 10.2. The molecule has 0 bridgehead atoms. The van der Waals surface area contributed by atoms with Crippen LogP contribution in [0.1, 0.15) is 15.9 Å². The van der Waals surface area contributed by atoms with Gasteiger partial charge in [0.25, 0.3) is 5.91 Å². The van der Waals surface area contributed by atoms with Gasteiger partial charge in [-0.2, -0.15) is 0 Å². The first-order valence-electron chi connectivity index (χ1n) is 5.40. The SMILES string of the molecule is Cc1ccc(NC(=O)c2cccc(Br)c2F)cc1. The quantitative estimate of drug-likeness (QED) is 0.887. The molecule has 4 heteroatoms. The Bertz CT molecular complexity index is 581. The molecule has 0 radical (unpaired) electrons. The third-order valence-corrected chi connectivity index (χ3v) is 3.12. The third kappa shape index (κ3) is 2.76. The van der Waals surface area contributed by atoms with Gasteiger partial charge < -0.3 is 5.32 Å². The average molecular weight is 308 g/mol. The van der Waals surface area contributed by atoms with E-state index >= 15 is 0 Å². The lowest BCUT2D eigenvalue weighted by Crippen LogP contribution is -2.13. The lowest BCUT2D eigenvalue weighted by molar-refractivity contribution is 0.102. The number of hydrogen-bond acceptors (Lipinski definition) is 1. The van der Waals surface area contributed by atoms with Gasteiger partial charge in [0.1, 0.15) is 5.82 Å². The molecule has 2 aromatic rings. The van der Waals surface area contributed by atoms with Gasteiger partial charge in [-0.25, -0.2) is 4.39 Å². The molecule has 0 spiro atoms. The molecule has 1 N–H and O–H groups in total. The molecule has 2 rings (SSSR count). The summed E-state index contributed by atoms with van der Waals surface area (Å²) in [5, 5.41) is 2.65. The summed E-state index contributed by atoms with van der Waals surface area (Å²) in [5.41, 5.74) is 1.76. The highest BCUT2D eigenvalue weighted by molar-refractivity contribution is 9.10. The van der Waals surface area contributed by atoms with E-state index in [-0.39, 0.29) is 10.0 Å². The number of amides is 1. The number of benzene rings is 2. The van der Waals surface area contributed by atoms with Crippen LogP contribution in [0.5, 0.6) is 0 Å². The van der Waals surface area contributed by atoms with E-state index in [9.17, 15) is 9.18 Å². The summed E-state index contributed by atoms with van der Waals surface area (Å²) in [6.07, 6.45) is 0. The first-order chi connectivity index (χ1) is 8.58. The second kappa shape index (κ2) is 5.31. The number of nitrogens with one attached hydrogen (secondary N) is 1. The Morgan fingerprint density at radius 3 is 2.50 bits per heavy atom. The van der Waals surface area contributed by atoms with Crippen LogP contribution in [0.4, 0.5) is 10.1 Å². The summed E-state index contributed by atoms with van der Waals surface area (Å²) in [6, 6.07) is 11.9. The molecule has 92 valence electrons. The molecular formula is C14H11BrFNO. The van der Waals surface area contributed by atoms with Gasteiger partial charge in [-0.05, 0) is 47.1 Å². The van der Waals surface area contributed by atoms with Crippen molar-refractivity contribution in [1.29, 1.82) is 0 Å². The fourth-order valence-electron chi connectivity index (χ4n) is 1.51. The molecule has 0 saturated carbocycles. The number of carbonyl (C=O) groups excluding carboxylic acids is 1. The molecule has 0 aliphatic heterocycles. The van der Waals surface area contributed by atoms with Gasteiger partial charge >= 0.3 is 0 Å². The first-order valence-corrected chi connectivity index (χ1v) is 6.19. The van der Waals surface area contributed by atoms with Crippen molar-refractivity contribution in [3.8, 4) is 0 Å². The van der Waals surface area contributed by atoms with E-state index < -0.39 is 11.7 Å². The third-order valence-electron chi connectivity index (χ3n) is 2.51. The zero-order valence-electron chi connectivity index (χ0n) is 9.71. The number of carbonyl (C=O) groups is 1. The van der Waals surface area contributed by atoms with E-state index in [1.807, 2.05) is 19.1 Å². The van der Waals surface area contributed by atoms with Crippen LogP contribution in [0.2, 0.25) is 0 Å². The highest BCUT2D eigenvalue weighted by Crippen LogP contribution is 2.19. The van der Waals surface area contributed by atoms with E-state index in [0.29, 0.717) is 5.69 Å². The smallest absolute Gasteiger partial charge is 0.258 e. The zero-order chi connectivity index (χ0) is 13.1. The molecule has 0 aromatic heterocycles. The van der Waals surface area contributed by atoms with Crippen LogP contribution in [0.15, 0.2) is 46.9 Å². The first kappa shape index (κ1) is 12.8. The Morgan fingerprint density at radius 2 is 1.83 bits per heavy atom. The molecule has 0 fully saturated rings. The lowest BCUT2D eigenvalue weighted by Gasteiger charge is -2.07. The number of hydrogen-bond donors (Lipinski definition) is 1. The Morgan fingerprint density at radius 1 is 1.17 bits per heavy atom. The van der Waals surface area contributed by atoms with Crippen LogP contribution in [-0.4, -0.2) is 5.91 Å². The van der Waals surface area contributed by atoms with Gasteiger partial charge in [0.05, 0.1) is 10.0 Å². The second-order valence-corrected chi connectivity index (χ2v) is 4.78. The summed E-state index contributed by atoms with van der Waals surface area (Å²) in [6.45, 7) is 1.96. The maximum atomic E-state index is 13.7. The van der Waals surface area contributed by atoms with Crippen molar-refractivity contribution in [2.75, 3.05) is 5.32 Å². The second-order valence-electron chi connectivity index (χ2n) is 3.92. The van der Waals surface area contributed by atoms with Gasteiger partial charge in [-0.3, -0.25) is 4.79 Å². The number of rotatable bonds is 2. The van der Waals surface area contributed by atoms with Crippen molar-refractivity contribution in [1.82, 2.24) is 0 Å². The number of anilines is 1. The summed E-state index contributed by atoms with van der Waals surface area (Å²) in [4.78, 5) is 11.9. The maximum absolute atomic E-state index is 13.7. The van der Waals surface area contributed by atoms with Crippen LogP contribution >= 0.6 is 15.9 Å². The Kier molecular flexibility index (Phi) is 3.77. The molecule has 0 aliphatic carbocycles. The Balaban J connectivity index is 2.22. The molecule has 0 heterocycles. The molecular weight excluding hydrogens is 297 g/mol. The van der Waals surface area contributed by atoms with Crippen molar-refractivity contribution in [3.05, 3.63) is 63.9 Å². The maximum Gasteiger partial charge on any atom is 0.258 e. The molecule has 0 atom stereocenters. The van der Waals surface area contributed by atoms with E-state index in [0.717, 1.165) is 5.56 Å². The minimum Gasteiger partial charge on any atom is -0.322 e. The largest absolute Gasteiger partial charge is 0.322 e. The van der Waals surface area contributed by atoms with E-state index in [2.05, 4.69) is 21.2 Å². The van der Waals surface area contributed by atoms with Crippen molar-refractivity contribution in [3.63, 3.8) is 0 Å². The van der Waals surface area contributed by atoms with Crippen LogP contribution < -0.4 is 5.32 Å². The fourth-order valence-corrected chi connectivity index (χ4v) is 1.88. The number of halogens is 2. The van der Waals surface area contributed by atoms with Crippen LogP contribution in [0.25, 0.3) is 0 Å². The van der Waals surface area contributed by atoms with Crippen molar-refractivity contribution >= 4 is 27.5 Å². The summed E-state index contributed by atoms with van der Waals surface area (Å²) in [5.74, 6) is -1.01. The summed E-state index contributed by atoms with van der Waals surface area (Å²) >= 11 is 3.05. The zero-order valence-corrected chi connectivity index (χ0v) is 11.3. The van der Waals surface area contributed by atoms with Gasteiger partial charge in [-0.15, -0.1) is 0 Å². The van der Waals surface area contributed by atoms with Gasteiger partial charge in [0.2, 0.25) is 0 Å². The van der Waals surface area contributed by atoms with E-state index in [1.165, 1.54) is 6.07 Å². The van der Waals surface area contributed by atoms with Crippen molar-refractivity contribution in [2.24, 2.45) is 0 Å². The van der Waals surface area contributed by atoms with Gasteiger partial charge in [0, 0.05) is 5.69 Å². The topological polar surface area (TPSA) is 29.1 Å². The Labute approximate surface area is 113 Å². The van der Waals surface area contributed by atoms with Gasteiger partial charge in [-0.1, -0.05) is 23.8 Å². The molecule has 18 heavy (non-hydrogen) atoms. The molecule has 1 amide bonds. The van der Waals surface area contributed by atoms with Gasteiger partial charge in [0.15, 0.2) is 0 Å². The molecule has 0 saturated heterocycles. The fraction of sp³-hybridized carbons (Fsp3) is 0.0714. The normalized spacial score (nSPS) is 10.2. The predicted molar refractivity (Wildman–Crippen MR) is 73.2 cm³/mol. The molecule has 2 aromatic carbocycles. The minimum atomic E-state index is -0.554. The summed E-state index contributed by atoms with van der Waals surface area (Å²) < 4.78 is 14.0. The average Bonchev–Trinajstić information content (AvgIpc) is 2.35.